The highest BCUT2D eigenvalue weighted by Crippen LogP contribution is 2.28. The highest BCUT2D eigenvalue weighted by Gasteiger charge is 2.20. The minimum Gasteiger partial charge on any atom is -0.481 e. The Hall–Kier alpha value is -2.38. The molecule has 1 amide bonds. The molecule has 0 aliphatic heterocycles. The van der Waals surface area contributed by atoms with Gasteiger partial charge < -0.3 is 4.74 Å². The molecule has 1 aromatic heterocycles. The molecule has 1 atom stereocenters. The Morgan fingerprint density at radius 3 is 2.50 bits per heavy atom. The SMILES string of the molecule is CC[C@@H](Oc1ccccc1)C(=O)Nc1nnc(SCc2ccccc2)s1. The summed E-state index contributed by atoms with van der Waals surface area (Å²) >= 11 is 2.97. The molecule has 3 rings (SSSR count). The van der Waals surface area contributed by atoms with Crippen LogP contribution in [0, 0.1) is 0 Å². The van der Waals surface area contributed by atoms with Crippen LogP contribution in [0.25, 0.3) is 0 Å². The number of rotatable bonds is 8. The lowest BCUT2D eigenvalue weighted by Gasteiger charge is -2.16. The molecule has 0 aliphatic rings. The second kappa shape index (κ2) is 9.35. The molecule has 26 heavy (non-hydrogen) atoms. The van der Waals surface area contributed by atoms with Gasteiger partial charge in [-0.2, -0.15) is 0 Å². The molecule has 134 valence electrons. The van der Waals surface area contributed by atoms with Gasteiger partial charge in [0, 0.05) is 5.75 Å². The van der Waals surface area contributed by atoms with Gasteiger partial charge in [0.2, 0.25) is 5.13 Å². The third-order valence-corrected chi connectivity index (χ3v) is 5.57. The van der Waals surface area contributed by atoms with E-state index >= 15 is 0 Å². The van der Waals surface area contributed by atoms with Gasteiger partial charge in [0.1, 0.15) is 5.75 Å². The summed E-state index contributed by atoms with van der Waals surface area (Å²) in [7, 11) is 0. The number of hydrogen-bond donors (Lipinski definition) is 1. The van der Waals surface area contributed by atoms with Crippen molar-refractivity contribution in [2.45, 2.75) is 29.5 Å². The van der Waals surface area contributed by atoms with Crippen molar-refractivity contribution in [3.8, 4) is 5.75 Å². The van der Waals surface area contributed by atoms with Crippen LogP contribution in [0.4, 0.5) is 5.13 Å². The van der Waals surface area contributed by atoms with Crippen LogP contribution in [0.3, 0.4) is 0 Å². The fourth-order valence-corrected chi connectivity index (χ4v) is 3.92. The van der Waals surface area contributed by atoms with E-state index in [0.29, 0.717) is 17.3 Å². The lowest BCUT2D eigenvalue weighted by Crippen LogP contribution is -2.32. The van der Waals surface area contributed by atoms with Gasteiger partial charge in [-0.15, -0.1) is 10.2 Å². The minimum atomic E-state index is -0.568. The fourth-order valence-electron chi connectivity index (χ4n) is 2.21. The smallest absolute Gasteiger partial charge is 0.267 e. The average molecular weight is 386 g/mol. The van der Waals surface area contributed by atoms with E-state index < -0.39 is 6.10 Å². The average Bonchev–Trinajstić information content (AvgIpc) is 3.13. The first-order valence-electron chi connectivity index (χ1n) is 8.27. The highest BCUT2D eigenvalue weighted by atomic mass is 32.2. The Bertz CT molecular complexity index is 825. The first-order valence-corrected chi connectivity index (χ1v) is 10.1. The van der Waals surface area contributed by atoms with Crippen LogP contribution in [-0.2, 0) is 10.5 Å². The Morgan fingerprint density at radius 1 is 1.12 bits per heavy atom. The number of anilines is 1. The normalized spacial score (nSPS) is 11.7. The summed E-state index contributed by atoms with van der Waals surface area (Å²) in [5, 5.41) is 11.5. The topological polar surface area (TPSA) is 64.1 Å². The van der Waals surface area contributed by atoms with Crippen molar-refractivity contribution in [1.29, 1.82) is 0 Å². The lowest BCUT2D eigenvalue weighted by atomic mass is 10.2. The van der Waals surface area contributed by atoms with E-state index in [4.69, 9.17) is 4.74 Å². The molecule has 0 aliphatic carbocycles. The van der Waals surface area contributed by atoms with Crippen LogP contribution in [0.5, 0.6) is 5.75 Å². The van der Waals surface area contributed by atoms with Crippen molar-refractivity contribution in [2.75, 3.05) is 5.32 Å². The van der Waals surface area contributed by atoms with Crippen molar-refractivity contribution in [2.24, 2.45) is 0 Å². The Labute approximate surface area is 160 Å². The predicted molar refractivity (Wildman–Crippen MR) is 106 cm³/mol. The zero-order valence-corrected chi connectivity index (χ0v) is 15.9. The summed E-state index contributed by atoms with van der Waals surface area (Å²) < 4.78 is 6.57. The summed E-state index contributed by atoms with van der Waals surface area (Å²) in [6.45, 7) is 1.91. The van der Waals surface area contributed by atoms with Crippen molar-refractivity contribution in [3.05, 3.63) is 66.2 Å². The minimum absolute atomic E-state index is 0.216. The molecule has 1 heterocycles. The number of nitrogens with one attached hydrogen (secondary N) is 1. The number of carbonyl (C=O) groups is 1. The van der Waals surface area contributed by atoms with Gasteiger partial charge in [-0.25, -0.2) is 0 Å². The van der Waals surface area contributed by atoms with Gasteiger partial charge in [-0.1, -0.05) is 78.6 Å². The first kappa shape index (κ1) is 18.4. The maximum Gasteiger partial charge on any atom is 0.267 e. The summed E-state index contributed by atoms with van der Waals surface area (Å²) in [6, 6.07) is 19.5. The van der Waals surface area contributed by atoms with Gasteiger partial charge in [0.15, 0.2) is 10.4 Å². The maximum atomic E-state index is 12.4. The molecule has 0 radical (unpaired) electrons. The summed E-state index contributed by atoms with van der Waals surface area (Å²) in [4.78, 5) is 12.4. The van der Waals surface area contributed by atoms with E-state index in [1.54, 1.807) is 11.8 Å². The molecule has 2 aromatic carbocycles. The first-order chi connectivity index (χ1) is 12.7. The Balaban J connectivity index is 1.54. The van der Waals surface area contributed by atoms with Crippen LogP contribution in [0.1, 0.15) is 18.9 Å². The van der Waals surface area contributed by atoms with E-state index in [2.05, 4.69) is 27.6 Å². The largest absolute Gasteiger partial charge is 0.481 e. The second-order valence-corrected chi connectivity index (χ2v) is 7.66. The van der Waals surface area contributed by atoms with Gasteiger partial charge >= 0.3 is 0 Å². The number of carbonyl (C=O) groups excluding carboxylic acids is 1. The van der Waals surface area contributed by atoms with Gasteiger partial charge in [-0.05, 0) is 24.1 Å². The zero-order chi connectivity index (χ0) is 18.2. The molecule has 7 heteroatoms. The molecular weight excluding hydrogens is 366 g/mol. The molecule has 3 aromatic rings. The van der Waals surface area contributed by atoms with Gasteiger partial charge in [0.05, 0.1) is 0 Å². The van der Waals surface area contributed by atoms with Crippen LogP contribution in [0.2, 0.25) is 0 Å². The Morgan fingerprint density at radius 2 is 1.81 bits per heavy atom. The third-order valence-electron chi connectivity index (χ3n) is 3.53. The van der Waals surface area contributed by atoms with E-state index in [9.17, 15) is 4.79 Å². The summed E-state index contributed by atoms with van der Waals surface area (Å²) in [5.74, 6) is 1.27. The molecule has 1 N–H and O–H groups in total. The number of benzene rings is 2. The number of para-hydroxylation sites is 1. The monoisotopic (exact) mass is 385 g/mol. The zero-order valence-electron chi connectivity index (χ0n) is 14.3. The van der Waals surface area contributed by atoms with Crippen LogP contribution in [0.15, 0.2) is 65.0 Å². The molecule has 0 saturated heterocycles. The number of nitrogens with zero attached hydrogens (tertiary/aromatic N) is 2. The molecule has 0 fully saturated rings. The number of thioether (sulfide) groups is 1. The molecule has 0 unspecified atom stereocenters. The quantitative estimate of drug-likeness (QED) is 0.452. The molecule has 5 nitrogen and oxygen atoms in total. The third kappa shape index (κ3) is 5.31. The molecular formula is C19H19N3O2S2. The lowest BCUT2D eigenvalue weighted by molar-refractivity contribution is -0.122. The number of ether oxygens (including phenoxy) is 1. The summed E-state index contributed by atoms with van der Waals surface area (Å²) in [6.07, 6.45) is -0.00322. The summed E-state index contributed by atoms with van der Waals surface area (Å²) in [5.41, 5.74) is 1.22. The van der Waals surface area contributed by atoms with Crippen molar-refractivity contribution in [1.82, 2.24) is 10.2 Å². The van der Waals surface area contributed by atoms with E-state index in [-0.39, 0.29) is 5.91 Å². The van der Waals surface area contributed by atoms with Crippen molar-refractivity contribution in [3.63, 3.8) is 0 Å². The predicted octanol–water partition coefficient (Wildman–Crippen LogP) is 4.63. The van der Waals surface area contributed by atoms with Crippen LogP contribution in [-0.4, -0.2) is 22.2 Å². The van der Waals surface area contributed by atoms with E-state index in [1.807, 2.05) is 55.5 Å². The highest BCUT2D eigenvalue weighted by molar-refractivity contribution is 8.00. The molecule has 0 saturated carbocycles. The maximum absolute atomic E-state index is 12.4. The second-order valence-electron chi connectivity index (χ2n) is 5.46. The fraction of sp³-hybridized carbons (Fsp3) is 0.211. The van der Waals surface area contributed by atoms with E-state index in [1.165, 1.54) is 16.9 Å². The standard InChI is InChI=1S/C19H19N3O2S2/c1-2-16(24-15-11-7-4-8-12-15)17(23)20-18-21-22-19(26-18)25-13-14-9-5-3-6-10-14/h3-12,16H,2,13H2,1H3,(H,20,21,23)/t16-/m1/s1. The molecule has 0 bridgehead atoms. The van der Waals surface area contributed by atoms with Crippen molar-refractivity contribution < 1.29 is 9.53 Å². The van der Waals surface area contributed by atoms with Crippen molar-refractivity contribution >= 4 is 34.1 Å². The number of hydrogen-bond acceptors (Lipinski definition) is 6. The molecule has 0 spiro atoms. The number of amides is 1. The van der Waals surface area contributed by atoms with Crippen LogP contribution >= 0.6 is 23.1 Å². The Kier molecular flexibility index (Phi) is 6.62. The van der Waals surface area contributed by atoms with Crippen LogP contribution < -0.4 is 10.1 Å². The van der Waals surface area contributed by atoms with Gasteiger partial charge in [0.25, 0.3) is 5.91 Å². The van der Waals surface area contributed by atoms with Gasteiger partial charge in [-0.3, -0.25) is 10.1 Å². The van der Waals surface area contributed by atoms with E-state index in [0.717, 1.165) is 10.1 Å². The number of aromatic nitrogens is 2.